The van der Waals surface area contributed by atoms with Crippen LogP contribution in [0, 0.1) is 11.2 Å². The van der Waals surface area contributed by atoms with Gasteiger partial charge in [0.25, 0.3) is 0 Å². The normalized spacial score (nSPS) is 11.6. The third kappa shape index (κ3) is 3.59. The Bertz CT molecular complexity index is 625. The molecule has 7 heteroatoms. The Morgan fingerprint density at radius 2 is 2.15 bits per heavy atom. The van der Waals surface area contributed by atoms with Gasteiger partial charge in [-0.3, -0.25) is 9.78 Å². The summed E-state index contributed by atoms with van der Waals surface area (Å²) in [7, 11) is 0. The SMILES string of the molecule is CC(C)(CC(=O)O)Cc1nnc(-c2cncc(F)c2)o1. The van der Waals surface area contributed by atoms with Gasteiger partial charge in [-0.05, 0) is 11.5 Å². The molecular weight excluding hydrogens is 265 g/mol. The van der Waals surface area contributed by atoms with Gasteiger partial charge in [-0.2, -0.15) is 0 Å². The van der Waals surface area contributed by atoms with Gasteiger partial charge >= 0.3 is 5.97 Å². The minimum absolute atomic E-state index is 0.00770. The van der Waals surface area contributed by atoms with E-state index in [2.05, 4.69) is 15.2 Å². The number of carboxylic acid groups (broad SMARTS) is 1. The van der Waals surface area contributed by atoms with Gasteiger partial charge in [0, 0.05) is 12.6 Å². The van der Waals surface area contributed by atoms with Crippen molar-refractivity contribution < 1.29 is 18.7 Å². The van der Waals surface area contributed by atoms with Crippen LogP contribution in [0.1, 0.15) is 26.2 Å². The molecule has 0 aliphatic heterocycles. The number of rotatable bonds is 5. The van der Waals surface area contributed by atoms with Crippen LogP contribution >= 0.6 is 0 Å². The average Bonchev–Trinajstić information content (AvgIpc) is 2.74. The first-order valence-electron chi connectivity index (χ1n) is 6.01. The monoisotopic (exact) mass is 279 g/mol. The maximum absolute atomic E-state index is 13.1. The lowest BCUT2D eigenvalue weighted by Gasteiger charge is -2.19. The number of nitrogens with zero attached hydrogens (tertiary/aromatic N) is 3. The number of aliphatic carboxylic acids is 1. The van der Waals surface area contributed by atoms with E-state index in [0.717, 1.165) is 6.20 Å². The molecule has 0 spiro atoms. The van der Waals surface area contributed by atoms with E-state index in [1.807, 2.05) is 0 Å². The van der Waals surface area contributed by atoms with E-state index in [1.165, 1.54) is 12.3 Å². The number of aromatic nitrogens is 3. The van der Waals surface area contributed by atoms with Crippen molar-refractivity contribution in [3.8, 4) is 11.5 Å². The van der Waals surface area contributed by atoms with Gasteiger partial charge < -0.3 is 9.52 Å². The van der Waals surface area contributed by atoms with E-state index in [1.54, 1.807) is 13.8 Å². The van der Waals surface area contributed by atoms with Crippen LogP contribution < -0.4 is 0 Å². The molecular formula is C13H14FN3O3. The fourth-order valence-electron chi connectivity index (χ4n) is 1.85. The number of hydrogen-bond donors (Lipinski definition) is 1. The van der Waals surface area contributed by atoms with Crippen LogP contribution in [-0.4, -0.2) is 26.3 Å². The lowest BCUT2D eigenvalue weighted by atomic mass is 9.86. The molecule has 0 saturated carbocycles. The maximum Gasteiger partial charge on any atom is 0.303 e. The van der Waals surface area contributed by atoms with Crippen LogP contribution in [-0.2, 0) is 11.2 Å². The highest BCUT2D eigenvalue weighted by atomic mass is 19.1. The van der Waals surface area contributed by atoms with Crippen LogP contribution in [0.5, 0.6) is 0 Å². The van der Waals surface area contributed by atoms with Crippen LogP contribution in [0.3, 0.4) is 0 Å². The van der Waals surface area contributed by atoms with E-state index in [9.17, 15) is 9.18 Å². The molecule has 0 atom stereocenters. The Balaban J connectivity index is 2.15. The Hall–Kier alpha value is -2.31. The van der Waals surface area contributed by atoms with Crippen LogP contribution in [0.25, 0.3) is 11.5 Å². The van der Waals surface area contributed by atoms with E-state index in [0.29, 0.717) is 17.9 Å². The Morgan fingerprint density at radius 3 is 2.80 bits per heavy atom. The molecule has 2 heterocycles. The summed E-state index contributed by atoms with van der Waals surface area (Å²) in [6.07, 6.45) is 2.82. The zero-order valence-electron chi connectivity index (χ0n) is 11.1. The molecule has 0 aliphatic carbocycles. The molecule has 0 aromatic carbocycles. The fraction of sp³-hybridized carbons (Fsp3) is 0.385. The fourth-order valence-corrected chi connectivity index (χ4v) is 1.85. The van der Waals surface area contributed by atoms with Crippen LogP contribution in [0.15, 0.2) is 22.9 Å². The molecule has 0 saturated heterocycles. The van der Waals surface area contributed by atoms with E-state index < -0.39 is 17.2 Å². The summed E-state index contributed by atoms with van der Waals surface area (Å²) >= 11 is 0. The summed E-state index contributed by atoms with van der Waals surface area (Å²) in [5.74, 6) is -0.897. The van der Waals surface area contributed by atoms with E-state index in [4.69, 9.17) is 9.52 Å². The van der Waals surface area contributed by atoms with Gasteiger partial charge in [-0.25, -0.2) is 4.39 Å². The highest BCUT2D eigenvalue weighted by Crippen LogP contribution is 2.27. The van der Waals surface area contributed by atoms with Crippen LogP contribution in [0.2, 0.25) is 0 Å². The molecule has 0 aliphatic rings. The number of halogens is 1. The van der Waals surface area contributed by atoms with Gasteiger partial charge in [0.05, 0.1) is 18.2 Å². The Kier molecular flexibility index (Phi) is 3.78. The largest absolute Gasteiger partial charge is 0.481 e. The zero-order valence-corrected chi connectivity index (χ0v) is 11.1. The molecule has 0 amide bonds. The summed E-state index contributed by atoms with van der Waals surface area (Å²) in [4.78, 5) is 14.5. The predicted molar refractivity (Wildman–Crippen MR) is 67.2 cm³/mol. The van der Waals surface area contributed by atoms with Crippen molar-refractivity contribution in [3.63, 3.8) is 0 Å². The van der Waals surface area contributed by atoms with Crippen LogP contribution in [0.4, 0.5) is 4.39 Å². The first kappa shape index (κ1) is 14.1. The van der Waals surface area contributed by atoms with E-state index >= 15 is 0 Å². The van der Waals surface area contributed by atoms with Crippen molar-refractivity contribution in [1.82, 2.24) is 15.2 Å². The molecule has 2 aromatic heterocycles. The molecule has 2 aromatic rings. The summed E-state index contributed by atoms with van der Waals surface area (Å²) in [6, 6.07) is 1.24. The Labute approximate surface area is 114 Å². The summed E-state index contributed by atoms with van der Waals surface area (Å²) in [6.45, 7) is 3.60. The minimum atomic E-state index is -0.885. The van der Waals surface area contributed by atoms with Gasteiger partial charge in [-0.15, -0.1) is 10.2 Å². The molecule has 0 bridgehead atoms. The molecule has 0 fully saturated rings. The zero-order chi connectivity index (χ0) is 14.8. The van der Waals surface area contributed by atoms with Gasteiger partial charge in [0.15, 0.2) is 0 Å². The van der Waals surface area contributed by atoms with Gasteiger partial charge in [-0.1, -0.05) is 13.8 Å². The summed E-state index contributed by atoms with van der Waals surface area (Å²) < 4.78 is 18.5. The Morgan fingerprint density at radius 1 is 1.40 bits per heavy atom. The predicted octanol–water partition coefficient (Wildman–Crippen LogP) is 2.31. The lowest BCUT2D eigenvalue weighted by Crippen LogP contribution is -2.19. The van der Waals surface area contributed by atoms with Crippen molar-refractivity contribution in [3.05, 3.63) is 30.2 Å². The maximum atomic E-state index is 13.1. The second kappa shape index (κ2) is 5.36. The lowest BCUT2D eigenvalue weighted by molar-refractivity contribution is -0.139. The van der Waals surface area contributed by atoms with Crippen molar-refractivity contribution >= 4 is 5.97 Å². The second-order valence-electron chi connectivity index (χ2n) is 5.30. The smallest absolute Gasteiger partial charge is 0.303 e. The molecule has 0 radical (unpaired) electrons. The highest BCUT2D eigenvalue weighted by Gasteiger charge is 2.25. The van der Waals surface area contributed by atoms with Gasteiger partial charge in [0.2, 0.25) is 11.8 Å². The molecule has 6 nitrogen and oxygen atoms in total. The van der Waals surface area contributed by atoms with Crippen molar-refractivity contribution in [2.75, 3.05) is 0 Å². The molecule has 106 valence electrons. The minimum Gasteiger partial charge on any atom is -0.481 e. The highest BCUT2D eigenvalue weighted by molar-refractivity contribution is 5.67. The quantitative estimate of drug-likeness (QED) is 0.903. The summed E-state index contributed by atoms with van der Waals surface area (Å²) in [5.41, 5.74) is -0.115. The first-order chi connectivity index (χ1) is 9.35. The first-order valence-corrected chi connectivity index (χ1v) is 6.01. The molecule has 20 heavy (non-hydrogen) atoms. The molecule has 1 N–H and O–H groups in total. The van der Waals surface area contributed by atoms with Crippen molar-refractivity contribution in [1.29, 1.82) is 0 Å². The van der Waals surface area contributed by atoms with Gasteiger partial charge in [0.1, 0.15) is 5.82 Å². The topological polar surface area (TPSA) is 89.1 Å². The number of carboxylic acids is 1. The number of pyridine rings is 1. The standard InChI is InChI=1S/C13H14FN3O3/c1-13(2,5-11(18)19)4-10-16-17-12(20-10)8-3-9(14)7-15-6-8/h3,6-7H,4-5H2,1-2H3,(H,18,19). The third-order valence-corrected chi connectivity index (χ3v) is 2.68. The average molecular weight is 279 g/mol. The third-order valence-electron chi connectivity index (χ3n) is 2.68. The number of carbonyl (C=O) groups is 1. The number of hydrogen-bond acceptors (Lipinski definition) is 5. The molecule has 0 unspecified atom stereocenters. The van der Waals surface area contributed by atoms with E-state index in [-0.39, 0.29) is 12.3 Å². The summed E-state index contributed by atoms with van der Waals surface area (Å²) in [5, 5.41) is 16.5. The van der Waals surface area contributed by atoms with Crippen molar-refractivity contribution in [2.24, 2.45) is 5.41 Å². The van der Waals surface area contributed by atoms with Crippen molar-refractivity contribution in [2.45, 2.75) is 26.7 Å². The second-order valence-corrected chi connectivity index (χ2v) is 5.30. The molecule has 2 rings (SSSR count).